The molecule has 0 spiro atoms. The normalized spacial score (nSPS) is 20.3. The van der Waals surface area contributed by atoms with Crippen LogP contribution in [0.25, 0.3) is 0 Å². The summed E-state index contributed by atoms with van der Waals surface area (Å²) >= 11 is 5.10. The van der Waals surface area contributed by atoms with Gasteiger partial charge in [0.05, 0.1) is 17.1 Å². The second-order valence-corrected chi connectivity index (χ2v) is 7.22. The molecule has 1 aliphatic heterocycles. The largest absolute Gasteiger partial charge is 0.478 e. The summed E-state index contributed by atoms with van der Waals surface area (Å²) in [6.07, 6.45) is 0.544. The molecule has 0 radical (unpaired) electrons. The number of thiocarbonyl (C=S) groups is 1. The average Bonchev–Trinajstić information content (AvgIpc) is 2.69. The Morgan fingerprint density at radius 2 is 1.95 bits per heavy atom. The first-order valence-corrected chi connectivity index (χ1v) is 8.20. The number of carboxylic acids is 1. The molecule has 0 aromatic heterocycles. The van der Waals surface area contributed by atoms with Crippen LogP contribution in [0, 0.1) is 0 Å². The number of hydrogen-bond acceptors (Lipinski definition) is 4. The van der Waals surface area contributed by atoms with E-state index in [1.54, 1.807) is 12.1 Å². The lowest BCUT2D eigenvalue weighted by Crippen LogP contribution is -2.38. The summed E-state index contributed by atoms with van der Waals surface area (Å²) in [7, 11) is -2.94. The standard InChI is InChI=1S/C12H14N2O4S2/c15-11(16)8-1-3-9(4-2-8)13-12(19)14-10-5-6-20(17,18)7-10/h1-4,10H,5-7H2,(H,15,16)(H2,13,14,19). The highest BCUT2D eigenvalue weighted by Crippen LogP contribution is 2.13. The van der Waals surface area contributed by atoms with Crippen LogP contribution in [0.1, 0.15) is 16.8 Å². The summed E-state index contributed by atoms with van der Waals surface area (Å²) in [5.74, 6) is -0.721. The Hall–Kier alpha value is -1.67. The molecule has 0 aliphatic carbocycles. The molecule has 0 bridgehead atoms. The van der Waals surface area contributed by atoms with Gasteiger partial charge in [0.2, 0.25) is 0 Å². The van der Waals surface area contributed by atoms with E-state index in [1.165, 1.54) is 12.1 Å². The lowest BCUT2D eigenvalue weighted by Gasteiger charge is -2.14. The van der Waals surface area contributed by atoms with Crippen LogP contribution in [0.15, 0.2) is 24.3 Å². The smallest absolute Gasteiger partial charge is 0.335 e. The van der Waals surface area contributed by atoms with E-state index in [-0.39, 0.29) is 23.1 Å². The van der Waals surface area contributed by atoms with Crippen molar-refractivity contribution >= 4 is 38.8 Å². The van der Waals surface area contributed by atoms with Gasteiger partial charge in [-0.1, -0.05) is 0 Å². The molecule has 1 heterocycles. The number of nitrogens with one attached hydrogen (secondary N) is 2. The van der Waals surface area contributed by atoms with E-state index >= 15 is 0 Å². The zero-order chi connectivity index (χ0) is 14.8. The van der Waals surface area contributed by atoms with Crippen molar-refractivity contribution in [3.05, 3.63) is 29.8 Å². The van der Waals surface area contributed by atoms with Gasteiger partial charge in [-0.3, -0.25) is 0 Å². The van der Waals surface area contributed by atoms with E-state index < -0.39 is 15.8 Å². The zero-order valence-electron chi connectivity index (χ0n) is 10.5. The second kappa shape index (κ2) is 5.76. The van der Waals surface area contributed by atoms with E-state index in [9.17, 15) is 13.2 Å². The van der Waals surface area contributed by atoms with Crippen LogP contribution in [-0.2, 0) is 9.84 Å². The summed E-state index contributed by atoms with van der Waals surface area (Å²) in [5, 5.41) is 14.9. The molecule has 1 aliphatic rings. The van der Waals surface area contributed by atoms with Crippen LogP contribution in [-0.4, -0.2) is 42.2 Å². The summed E-state index contributed by atoms with van der Waals surface area (Å²) in [5.41, 5.74) is 0.838. The van der Waals surface area contributed by atoms with Crippen molar-refractivity contribution in [3.63, 3.8) is 0 Å². The number of carboxylic acid groups (broad SMARTS) is 1. The van der Waals surface area contributed by atoms with Crippen molar-refractivity contribution in [2.45, 2.75) is 12.5 Å². The topological polar surface area (TPSA) is 95.5 Å². The molecule has 0 amide bonds. The number of hydrogen-bond donors (Lipinski definition) is 3. The molecule has 1 aromatic carbocycles. The molecule has 1 fully saturated rings. The number of sulfone groups is 1. The van der Waals surface area contributed by atoms with Crippen molar-refractivity contribution in [1.29, 1.82) is 0 Å². The summed E-state index contributed by atoms with van der Waals surface area (Å²) < 4.78 is 22.6. The SMILES string of the molecule is O=C(O)c1ccc(NC(=S)NC2CCS(=O)(=O)C2)cc1. The maximum Gasteiger partial charge on any atom is 0.335 e. The number of anilines is 1. The van der Waals surface area contributed by atoms with Crippen molar-refractivity contribution in [3.8, 4) is 0 Å². The summed E-state index contributed by atoms with van der Waals surface area (Å²) in [6.45, 7) is 0. The van der Waals surface area contributed by atoms with E-state index in [0.29, 0.717) is 17.2 Å². The van der Waals surface area contributed by atoms with Crippen molar-refractivity contribution in [2.75, 3.05) is 16.8 Å². The molecule has 20 heavy (non-hydrogen) atoms. The number of benzene rings is 1. The van der Waals surface area contributed by atoms with Gasteiger partial charge in [0.1, 0.15) is 0 Å². The third-order valence-corrected chi connectivity index (χ3v) is 4.95. The van der Waals surface area contributed by atoms with Gasteiger partial charge in [0, 0.05) is 11.7 Å². The van der Waals surface area contributed by atoms with Crippen molar-refractivity contribution < 1.29 is 18.3 Å². The molecular formula is C12H14N2O4S2. The molecule has 1 unspecified atom stereocenters. The molecule has 1 atom stereocenters. The Labute approximate surface area is 122 Å². The molecule has 1 saturated heterocycles. The van der Waals surface area contributed by atoms with Crippen LogP contribution < -0.4 is 10.6 Å². The Kier molecular flexibility index (Phi) is 4.24. The third kappa shape index (κ3) is 3.91. The van der Waals surface area contributed by atoms with Crippen molar-refractivity contribution in [1.82, 2.24) is 5.32 Å². The van der Waals surface area contributed by atoms with Gasteiger partial charge in [-0.25, -0.2) is 13.2 Å². The Morgan fingerprint density at radius 3 is 2.45 bits per heavy atom. The molecule has 2 rings (SSSR count). The van der Waals surface area contributed by atoms with Gasteiger partial charge in [0.25, 0.3) is 0 Å². The van der Waals surface area contributed by atoms with Crippen LogP contribution >= 0.6 is 12.2 Å². The maximum atomic E-state index is 11.3. The molecular weight excluding hydrogens is 300 g/mol. The quantitative estimate of drug-likeness (QED) is 0.712. The lowest BCUT2D eigenvalue weighted by atomic mass is 10.2. The fourth-order valence-corrected chi connectivity index (χ4v) is 3.92. The first-order chi connectivity index (χ1) is 9.35. The number of aromatic carboxylic acids is 1. The highest BCUT2D eigenvalue weighted by molar-refractivity contribution is 7.91. The van der Waals surface area contributed by atoms with E-state index in [4.69, 9.17) is 17.3 Å². The summed E-state index contributed by atoms with van der Waals surface area (Å²) in [4.78, 5) is 10.7. The minimum absolute atomic E-state index is 0.0901. The fourth-order valence-electron chi connectivity index (χ4n) is 1.96. The molecule has 3 N–H and O–H groups in total. The lowest BCUT2D eigenvalue weighted by molar-refractivity contribution is 0.0697. The minimum atomic E-state index is -2.94. The Balaban J connectivity index is 1.90. The average molecular weight is 314 g/mol. The molecule has 1 aromatic rings. The third-order valence-electron chi connectivity index (χ3n) is 2.96. The van der Waals surface area contributed by atoms with Crippen LogP contribution in [0.4, 0.5) is 5.69 Å². The van der Waals surface area contributed by atoms with Crippen LogP contribution in [0.5, 0.6) is 0 Å². The Bertz CT molecular complexity index is 625. The first-order valence-electron chi connectivity index (χ1n) is 5.97. The molecule has 0 saturated carbocycles. The molecule has 8 heteroatoms. The predicted molar refractivity (Wildman–Crippen MR) is 79.8 cm³/mol. The predicted octanol–water partition coefficient (Wildman–Crippen LogP) is 0.858. The molecule has 6 nitrogen and oxygen atoms in total. The minimum Gasteiger partial charge on any atom is -0.478 e. The second-order valence-electron chi connectivity index (χ2n) is 4.58. The van der Waals surface area contributed by atoms with Gasteiger partial charge in [-0.15, -0.1) is 0 Å². The molecule has 108 valence electrons. The maximum absolute atomic E-state index is 11.3. The van der Waals surface area contributed by atoms with E-state index in [0.717, 1.165) is 0 Å². The van der Waals surface area contributed by atoms with E-state index in [1.807, 2.05) is 0 Å². The fraction of sp³-hybridized carbons (Fsp3) is 0.333. The number of rotatable bonds is 3. The van der Waals surface area contributed by atoms with Crippen LogP contribution in [0.3, 0.4) is 0 Å². The van der Waals surface area contributed by atoms with Gasteiger partial charge in [-0.05, 0) is 42.9 Å². The summed E-state index contributed by atoms with van der Waals surface area (Å²) in [6, 6.07) is 5.96. The van der Waals surface area contributed by atoms with Gasteiger partial charge in [0.15, 0.2) is 14.9 Å². The van der Waals surface area contributed by atoms with E-state index in [2.05, 4.69) is 10.6 Å². The number of carbonyl (C=O) groups is 1. The van der Waals surface area contributed by atoms with Crippen LogP contribution in [0.2, 0.25) is 0 Å². The van der Waals surface area contributed by atoms with Gasteiger partial charge in [-0.2, -0.15) is 0 Å². The zero-order valence-corrected chi connectivity index (χ0v) is 12.1. The highest BCUT2D eigenvalue weighted by atomic mass is 32.2. The monoisotopic (exact) mass is 314 g/mol. The van der Waals surface area contributed by atoms with Gasteiger partial charge >= 0.3 is 5.97 Å². The first kappa shape index (κ1) is 14.7. The highest BCUT2D eigenvalue weighted by Gasteiger charge is 2.28. The van der Waals surface area contributed by atoms with Gasteiger partial charge < -0.3 is 15.7 Å². The Morgan fingerprint density at radius 1 is 1.30 bits per heavy atom. The van der Waals surface area contributed by atoms with Crippen molar-refractivity contribution in [2.24, 2.45) is 0 Å².